The number of thiazole rings is 1. The maximum atomic E-state index is 13.2. The molecule has 0 saturated heterocycles. The molecule has 0 aliphatic rings. The van der Waals surface area contributed by atoms with E-state index in [1.165, 1.54) is 29.5 Å². The van der Waals surface area contributed by atoms with Crippen LogP contribution in [0.15, 0.2) is 36.4 Å². The van der Waals surface area contributed by atoms with Crippen LogP contribution < -0.4 is 10.1 Å². The largest absolute Gasteiger partial charge is 0.492 e. The average molecular weight is 351 g/mol. The molecule has 3 aromatic rings. The first-order chi connectivity index (χ1) is 11.1. The van der Waals surface area contributed by atoms with Crippen molar-refractivity contribution in [3.8, 4) is 5.75 Å². The fraction of sp³-hybridized carbons (Fsp3) is 0.125. The summed E-state index contributed by atoms with van der Waals surface area (Å²) in [6, 6.07) is 9.10. The van der Waals surface area contributed by atoms with Crippen molar-refractivity contribution >= 4 is 44.2 Å². The molecule has 0 unspecified atom stereocenters. The Morgan fingerprint density at radius 3 is 2.91 bits per heavy atom. The number of ether oxygens (including phenoxy) is 1. The fourth-order valence-electron chi connectivity index (χ4n) is 2.04. The number of rotatable bonds is 4. The number of fused-ring (bicyclic) bond motifs is 1. The van der Waals surface area contributed by atoms with Gasteiger partial charge in [0.05, 0.1) is 21.8 Å². The summed E-state index contributed by atoms with van der Waals surface area (Å²) in [4.78, 5) is 16.5. The molecule has 0 atom stereocenters. The minimum atomic E-state index is -0.338. The van der Waals surface area contributed by atoms with E-state index in [-0.39, 0.29) is 11.7 Å². The number of halogens is 2. The van der Waals surface area contributed by atoms with Gasteiger partial charge in [0.2, 0.25) is 0 Å². The lowest BCUT2D eigenvalue weighted by Gasteiger charge is -2.07. The summed E-state index contributed by atoms with van der Waals surface area (Å²) >= 11 is 7.29. The van der Waals surface area contributed by atoms with Crippen LogP contribution >= 0.6 is 22.9 Å². The topological polar surface area (TPSA) is 51.2 Å². The minimum absolute atomic E-state index is 0.336. The van der Waals surface area contributed by atoms with Gasteiger partial charge in [-0.25, -0.2) is 9.37 Å². The summed E-state index contributed by atoms with van der Waals surface area (Å²) in [5, 5.41) is 3.46. The standard InChI is InChI=1S/C16H12ClFN2O2S/c1-2-22-13-6-3-9(7-11(13)17)15(21)20-16-19-12-5-4-10(18)8-14(12)23-16/h3-8H,2H2,1H3,(H,19,20,21). The molecule has 0 bridgehead atoms. The number of hydrogen-bond donors (Lipinski definition) is 1. The summed E-state index contributed by atoms with van der Waals surface area (Å²) in [6.45, 7) is 2.35. The number of aromatic nitrogens is 1. The number of benzene rings is 2. The first-order valence-electron chi connectivity index (χ1n) is 6.86. The van der Waals surface area contributed by atoms with Gasteiger partial charge in [0.1, 0.15) is 11.6 Å². The molecular formula is C16H12ClFN2O2S. The molecule has 1 aromatic heterocycles. The van der Waals surface area contributed by atoms with Gasteiger partial charge in [0.25, 0.3) is 5.91 Å². The third-order valence-electron chi connectivity index (χ3n) is 3.06. The van der Waals surface area contributed by atoms with Crippen molar-refractivity contribution in [1.82, 2.24) is 4.98 Å². The van der Waals surface area contributed by atoms with E-state index in [0.29, 0.717) is 38.3 Å². The summed E-state index contributed by atoms with van der Waals surface area (Å²) in [7, 11) is 0. The van der Waals surface area contributed by atoms with E-state index in [4.69, 9.17) is 16.3 Å². The van der Waals surface area contributed by atoms with Crippen LogP contribution in [0.4, 0.5) is 9.52 Å². The van der Waals surface area contributed by atoms with Crippen molar-refractivity contribution in [2.75, 3.05) is 11.9 Å². The quantitative estimate of drug-likeness (QED) is 0.739. The van der Waals surface area contributed by atoms with E-state index >= 15 is 0 Å². The molecule has 0 spiro atoms. The SMILES string of the molecule is CCOc1ccc(C(=O)Nc2nc3ccc(F)cc3s2)cc1Cl. The van der Waals surface area contributed by atoms with Crippen LogP contribution in [0.5, 0.6) is 5.75 Å². The van der Waals surface area contributed by atoms with E-state index in [2.05, 4.69) is 10.3 Å². The molecule has 0 aliphatic heterocycles. The van der Waals surface area contributed by atoms with Gasteiger partial charge in [-0.2, -0.15) is 0 Å². The van der Waals surface area contributed by atoms with Gasteiger partial charge in [-0.15, -0.1) is 0 Å². The molecule has 4 nitrogen and oxygen atoms in total. The number of carbonyl (C=O) groups excluding carboxylic acids is 1. The Hall–Kier alpha value is -2.18. The van der Waals surface area contributed by atoms with Gasteiger partial charge in [-0.05, 0) is 43.3 Å². The van der Waals surface area contributed by atoms with E-state index in [9.17, 15) is 9.18 Å². The molecule has 2 aromatic carbocycles. The predicted octanol–water partition coefficient (Wildman–Crippen LogP) is 4.74. The molecule has 0 radical (unpaired) electrons. The number of nitrogens with one attached hydrogen (secondary N) is 1. The summed E-state index contributed by atoms with van der Waals surface area (Å²) < 4.78 is 19.2. The number of hydrogen-bond acceptors (Lipinski definition) is 4. The molecule has 7 heteroatoms. The monoisotopic (exact) mass is 350 g/mol. The highest BCUT2D eigenvalue weighted by atomic mass is 35.5. The molecule has 1 N–H and O–H groups in total. The van der Waals surface area contributed by atoms with Crippen molar-refractivity contribution in [3.63, 3.8) is 0 Å². The Morgan fingerprint density at radius 1 is 1.35 bits per heavy atom. The molecule has 3 rings (SSSR count). The van der Waals surface area contributed by atoms with Crippen molar-refractivity contribution in [2.45, 2.75) is 6.92 Å². The second-order valence-corrected chi connectivity index (χ2v) is 6.10. The Labute approximate surface area is 140 Å². The number of nitrogens with zero attached hydrogens (tertiary/aromatic N) is 1. The molecular weight excluding hydrogens is 339 g/mol. The van der Waals surface area contributed by atoms with E-state index < -0.39 is 0 Å². The van der Waals surface area contributed by atoms with E-state index in [1.54, 1.807) is 18.2 Å². The zero-order valence-corrected chi connectivity index (χ0v) is 13.7. The predicted molar refractivity (Wildman–Crippen MR) is 90.2 cm³/mol. The lowest BCUT2D eigenvalue weighted by atomic mass is 10.2. The van der Waals surface area contributed by atoms with Gasteiger partial charge in [0, 0.05) is 5.56 Å². The Kier molecular flexibility index (Phi) is 4.45. The second kappa shape index (κ2) is 6.52. The fourth-order valence-corrected chi connectivity index (χ4v) is 3.16. The summed E-state index contributed by atoms with van der Waals surface area (Å²) in [5.74, 6) is -0.145. The zero-order chi connectivity index (χ0) is 16.4. The lowest BCUT2D eigenvalue weighted by Crippen LogP contribution is -2.11. The summed E-state index contributed by atoms with van der Waals surface area (Å²) in [6.07, 6.45) is 0. The Bertz CT molecular complexity index is 882. The Balaban J connectivity index is 1.81. The number of carbonyl (C=O) groups is 1. The third kappa shape index (κ3) is 3.43. The smallest absolute Gasteiger partial charge is 0.257 e. The molecule has 118 valence electrons. The molecule has 0 fully saturated rings. The highest BCUT2D eigenvalue weighted by Gasteiger charge is 2.12. The van der Waals surface area contributed by atoms with Crippen LogP contribution in [0.3, 0.4) is 0 Å². The second-order valence-electron chi connectivity index (χ2n) is 4.66. The minimum Gasteiger partial charge on any atom is -0.492 e. The zero-order valence-electron chi connectivity index (χ0n) is 12.1. The number of amides is 1. The molecule has 0 saturated carbocycles. The highest BCUT2D eigenvalue weighted by molar-refractivity contribution is 7.22. The van der Waals surface area contributed by atoms with Crippen molar-refractivity contribution in [2.24, 2.45) is 0 Å². The first kappa shape index (κ1) is 15.7. The third-order valence-corrected chi connectivity index (χ3v) is 4.29. The highest BCUT2D eigenvalue weighted by Crippen LogP contribution is 2.28. The van der Waals surface area contributed by atoms with Crippen molar-refractivity contribution in [3.05, 3.63) is 52.8 Å². The maximum Gasteiger partial charge on any atom is 0.257 e. The normalized spacial score (nSPS) is 10.7. The van der Waals surface area contributed by atoms with Gasteiger partial charge in [0.15, 0.2) is 5.13 Å². The van der Waals surface area contributed by atoms with Gasteiger partial charge < -0.3 is 4.74 Å². The van der Waals surface area contributed by atoms with Crippen LogP contribution in [-0.4, -0.2) is 17.5 Å². The van der Waals surface area contributed by atoms with Gasteiger partial charge in [-0.3, -0.25) is 10.1 Å². The number of anilines is 1. The lowest BCUT2D eigenvalue weighted by molar-refractivity contribution is 0.102. The van der Waals surface area contributed by atoms with E-state index in [0.717, 1.165) is 0 Å². The first-order valence-corrected chi connectivity index (χ1v) is 8.06. The molecule has 1 amide bonds. The Morgan fingerprint density at radius 2 is 2.17 bits per heavy atom. The van der Waals surface area contributed by atoms with Crippen LogP contribution in [0, 0.1) is 5.82 Å². The molecule has 1 heterocycles. The maximum absolute atomic E-state index is 13.2. The van der Waals surface area contributed by atoms with Crippen LogP contribution in [0.25, 0.3) is 10.2 Å². The van der Waals surface area contributed by atoms with Crippen LogP contribution in [0.1, 0.15) is 17.3 Å². The molecule has 0 aliphatic carbocycles. The average Bonchev–Trinajstić information content (AvgIpc) is 2.90. The van der Waals surface area contributed by atoms with Crippen LogP contribution in [-0.2, 0) is 0 Å². The van der Waals surface area contributed by atoms with Gasteiger partial charge in [-0.1, -0.05) is 22.9 Å². The van der Waals surface area contributed by atoms with Crippen molar-refractivity contribution in [1.29, 1.82) is 0 Å². The van der Waals surface area contributed by atoms with E-state index in [1.807, 2.05) is 6.92 Å². The van der Waals surface area contributed by atoms with Gasteiger partial charge >= 0.3 is 0 Å². The summed E-state index contributed by atoms with van der Waals surface area (Å²) in [5.41, 5.74) is 1.03. The van der Waals surface area contributed by atoms with Crippen LogP contribution in [0.2, 0.25) is 5.02 Å². The molecule has 23 heavy (non-hydrogen) atoms. The van der Waals surface area contributed by atoms with Crippen molar-refractivity contribution < 1.29 is 13.9 Å².